The van der Waals surface area contributed by atoms with Crippen LogP contribution in [-0.4, -0.2) is 18.3 Å². The molecule has 4 nitrogen and oxygen atoms in total. The molecular weight excluding hydrogens is 427 g/mol. The third-order valence-corrected chi connectivity index (χ3v) is 5.25. The summed E-state index contributed by atoms with van der Waals surface area (Å²) in [5.74, 6) is -7.35. The third kappa shape index (κ3) is 4.10. The first-order valence-corrected chi connectivity index (χ1v) is 8.99. The van der Waals surface area contributed by atoms with Crippen molar-refractivity contribution in [2.75, 3.05) is 0 Å². The Labute approximate surface area is 174 Å². The molecule has 0 N–H and O–H groups in total. The summed E-state index contributed by atoms with van der Waals surface area (Å²) in [5.41, 5.74) is -4.62. The molecule has 0 atom stereocenters. The van der Waals surface area contributed by atoms with Gasteiger partial charge in [0.05, 0.1) is 11.2 Å². The van der Waals surface area contributed by atoms with Crippen LogP contribution < -0.4 is 10.2 Å². The Morgan fingerprint density at radius 2 is 1.32 bits per heavy atom. The summed E-state index contributed by atoms with van der Waals surface area (Å²) in [6.45, 7) is 6.80. The minimum atomic E-state index is -4.63. The van der Waals surface area contributed by atoms with Crippen LogP contribution in [0.15, 0.2) is 24.3 Å². The molecule has 0 amide bonds. The summed E-state index contributed by atoms with van der Waals surface area (Å²) in [7, 11) is -1.21. The van der Waals surface area contributed by atoms with Crippen LogP contribution in [0.2, 0.25) is 0 Å². The summed E-state index contributed by atoms with van der Waals surface area (Å²) in [5, 5.41) is 8.62. The molecule has 1 heterocycles. The molecule has 1 fully saturated rings. The molecule has 0 aromatic heterocycles. The second-order valence-corrected chi connectivity index (χ2v) is 7.94. The average molecular weight is 443 g/mol. The maximum atomic E-state index is 14.5. The Kier molecular flexibility index (Phi) is 5.53. The molecule has 1 saturated heterocycles. The van der Waals surface area contributed by atoms with Gasteiger partial charge in [-0.2, -0.15) is 14.0 Å². The van der Waals surface area contributed by atoms with Crippen LogP contribution in [-0.2, 0) is 15.4 Å². The van der Waals surface area contributed by atoms with Crippen molar-refractivity contribution in [3.05, 3.63) is 58.7 Å². The van der Waals surface area contributed by atoms with Gasteiger partial charge in [0, 0.05) is 12.1 Å². The summed E-state index contributed by atoms with van der Waals surface area (Å²) < 4.78 is 101. The maximum absolute atomic E-state index is 14.5. The molecule has 31 heavy (non-hydrogen) atoms. The molecule has 3 rings (SSSR count). The molecule has 0 radical (unpaired) electrons. The highest BCUT2D eigenvalue weighted by Crippen LogP contribution is 2.38. The van der Waals surface area contributed by atoms with E-state index < -0.39 is 64.6 Å². The Bertz CT molecular complexity index is 1020. The number of benzene rings is 2. The van der Waals surface area contributed by atoms with E-state index in [1.165, 1.54) is 6.07 Å². The molecular formula is C20H16BF6NO3. The van der Waals surface area contributed by atoms with Crippen molar-refractivity contribution in [1.29, 1.82) is 5.26 Å². The standard InChI is InChI=1S/C20H16BF6NO3/c1-18(2)19(3,4)31-21(30-18)10-5-15(24)17(16(25)6-10)20(26,27)29-11-7-13(22)12(9-28)14(23)8-11/h5-8H,1-4H3. The first kappa shape index (κ1) is 23.0. The molecule has 11 heteroatoms. The summed E-state index contributed by atoms with van der Waals surface area (Å²) >= 11 is 0. The second-order valence-electron chi connectivity index (χ2n) is 7.94. The summed E-state index contributed by atoms with van der Waals surface area (Å²) in [6, 6.07) is 3.05. The van der Waals surface area contributed by atoms with Gasteiger partial charge in [0.25, 0.3) is 0 Å². The van der Waals surface area contributed by atoms with Crippen LogP contribution in [0.1, 0.15) is 38.8 Å². The fourth-order valence-electron chi connectivity index (χ4n) is 2.90. The van der Waals surface area contributed by atoms with Crippen LogP contribution in [0, 0.1) is 34.6 Å². The molecule has 0 saturated carbocycles. The predicted octanol–water partition coefficient (Wildman–Crippen LogP) is 4.54. The van der Waals surface area contributed by atoms with Crippen LogP contribution >= 0.6 is 0 Å². The maximum Gasteiger partial charge on any atom is 0.495 e. The topological polar surface area (TPSA) is 51.5 Å². The number of hydrogen-bond donors (Lipinski definition) is 0. The number of halogens is 6. The summed E-state index contributed by atoms with van der Waals surface area (Å²) in [4.78, 5) is 0. The monoisotopic (exact) mass is 443 g/mol. The van der Waals surface area contributed by atoms with E-state index in [4.69, 9.17) is 14.6 Å². The number of nitriles is 1. The van der Waals surface area contributed by atoms with Crippen molar-refractivity contribution >= 4 is 12.6 Å². The van der Waals surface area contributed by atoms with Crippen LogP contribution in [0.3, 0.4) is 0 Å². The van der Waals surface area contributed by atoms with Crippen molar-refractivity contribution < 1.29 is 40.4 Å². The number of rotatable bonds is 4. The number of ether oxygens (including phenoxy) is 1. The zero-order chi connectivity index (χ0) is 23.4. The van der Waals surface area contributed by atoms with E-state index in [9.17, 15) is 26.3 Å². The van der Waals surface area contributed by atoms with Gasteiger partial charge >= 0.3 is 13.2 Å². The molecule has 2 aromatic carbocycles. The van der Waals surface area contributed by atoms with Gasteiger partial charge in [0.2, 0.25) is 0 Å². The van der Waals surface area contributed by atoms with Crippen LogP contribution in [0.25, 0.3) is 0 Å². The van der Waals surface area contributed by atoms with Crippen molar-refractivity contribution in [2.24, 2.45) is 0 Å². The smallest absolute Gasteiger partial charge is 0.429 e. The zero-order valence-corrected chi connectivity index (χ0v) is 16.8. The predicted molar refractivity (Wildman–Crippen MR) is 97.7 cm³/mol. The summed E-state index contributed by atoms with van der Waals surface area (Å²) in [6.07, 6.45) is -4.63. The van der Waals surface area contributed by atoms with Gasteiger partial charge in [-0.05, 0) is 45.3 Å². The first-order valence-electron chi connectivity index (χ1n) is 8.99. The largest absolute Gasteiger partial charge is 0.495 e. The molecule has 164 valence electrons. The fourth-order valence-corrected chi connectivity index (χ4v) is 2.90. The van der Waals surface area contributed by atoms with Gasteiger partial charge < -0.3 is 14.0 Å². The van der Waals surface area contributed by atoms with E-state index in [-0.39, 0.29) is 5.46 Å². The van der Waals surface area contributed by atoms with Gasteiger partial charge in [-0.1, -0.05) is 0 Å². The molecule has 0 bridgehead atoms. The van der Waals surface area contributed by atoms with E-state index in [1.54, 1.807) is 27.7 Å². The first-order chi connectivity index (χ1) is 14.2. The highest BCUT2D eigenvalue weighted by atomic mass is 19.3. The van der Waals surface area contributed by atoms with Gasteiger partial charge in [0.15, 0.2) is 0 Å². The van der Waals surface area contributed by atoms with Crippen LogP contribution in [0.5, 0.6) is 5.75 Å². The van der Waals surface area contributed by atoms with E-state index >= 15 is 0 Å². The van der Waals surface area contributed by atoms with Crippen molar-refractivity contribution in [2.45, 2.75) is 45.0 Å². The molecule has 2 aromatic rings. The Hall–Kier alpha value is -2.71. The normalized spacial score (nSPS) is 17.5. The number of alkyl halides is 2. The second kappa shape index (κ2) is 7.46. The molecule has 1 aliphatic heterocycles. The lowest BCUT2D eigenvalue weighted by atomic mass is 9.78. The molecule has 0 aliphatic carbocycles. The van der Waals surface area contributed by atoms with Crippen molar-refractivity contribution in [1.82, 2.24) is 0 Å². The third-order valence-electron chi connectivity index (χ3n) is 5.25. The highest BCUT2D eigenvalue weighted by molar-refractivity contribution is 6.62. The van der Waals surface area contributed by atoms with Crippen LogP contribution in [0.4, 0.5) is 26.3 Å². The van der Waals surface area contributed by atoms with Crippen molar-refractivity contribution in [3.8, 4) is 11.8 Å². The van der Waals surface area contributed by atoms with E-state index in [1.807, 2.05) is 0 Å². The lowest BCUT2D eigenvalue weighted by molar-refractivity contribution is -0.189. The quantitative estimate of drug-likeness (QED) is 0.515. The number of hydrogen-bond acceptors (Lipinski definition) is 4. The minimum absolute atomic E-state index is 0.177. The van der Waals surface area contributed by atoms with Crippen molar-refractivity contribution in [3.63, 3.8) is 0 Å². The van der Waals surface area contributed by atoms with E-state index in [0.717, 1.165) is 0 Å². The van der Waals surface area contributed by atoms with Gasteiger partial charge in [0.1, 0.15) is 46.2 Å². The fraction of sp³-hybridized carbons (Fsp3) is 0.350. The Balaban J connectivity index is 1.94. The lowest BCUT2D eigenvalue weighted by Crippen LogP contribution is -2.41. The van der Waals surface area contributed by atoms with E-state index in [0.29, 0.717) is 24.3 Å². The van der Waals surface area contributed by atoms with Gasteiger partial charge in [-0.3, -0.25) is 0 Å². The molecule has 1 aliphatic rings. The number of nitrogens with zero attached hydrogens (tertiary/aromatic N) is 1. The SMILES string of the molecule is CC1(C)OB(c2cc(F)c(C(F)(F)Oc3cc(F)c(C#N)c(F)c3)c(F)c2)OC1(C)C. The average Bonchev–Trinajstić information content (AvgIpc) is 2.81. The van der Waals surface area contributed by atoms with E-state index in [2.05, 4.69) is 4.74 Å². The minimum Gasteiger partial charge on any atom is -0.429 e. The highest BCUT2D eigenvalue weighted by Gasteiger charge is 2.52. The zero-order valence-electron chi connectivity index (χ0n) is 16.8. The molecule has 0 unspecified atom stereocenters. The van der Waals surface area contributed by atoms with Gasteiger partial charge in [-0.25, -0.2) is 17.6 Å². The Morgan fingerprint density at radius 1 is 0.871 bits per heavy atom. The Morgan fingerprint density at radius 3 is 1.74 bits per heavy atom. The molecule has 0 spiro atoms. The lowest BCUT2D eigenvalue weighted by Gasteiger charge is -2.32. The van der Waals surface area contributed by atoms with Gasteiger partial charge in [-0.15, -0.1) is 0 Å².